The lowest BCUT2D eigenvalue weighted by Gasteiger charge is -2.42. The first-order valence-corrected chi connectivity index (χ1v) is 11.3. The van der Waals surface area contributed by atoms with Crippen molar-refractivity contribution in [3.8, 4) is 0 Å². The summed E-state index contributed by atoms with van der Waals surface area (Å²) in [5.74, 6) is 1.16. The number of nitrogens with one attached hydrogen (secondary N) is 1. The monoisotopic (exact) mass is 458 g/mol. The van der Waals surface area contributed by atoms with E-state index >= 15 is 0 Å². The number of hydrogen-bond donors (Lipinski definition) is 1. The van der Waals surface area contributed by atoms with Gasteiger partial charge in [0, 0.05) is 61.3 Å². The van der Waals surface area contributed by atoms with Crippen LogP contribution in [0.1, 0.15) is 16.8 Å². The summed E-state index contributed by atoms with van der Waals surface area (Å²) in [6, 6.07) is 7.32. The molecule has 5 rings (SSSR count). The van der Waals surface area contributed by atoms with Gasteiger partial charge in [0.25, 0.3) is 0 Å². The summed E-state index contributed by atoms with van der Waals surface area (Å²) in [5.41, 5.74) is 4.13. The van der Waals surface area contributed by atoms with Gasteiger partial charge in [0.15, 0.2) is 5.65 Å². The van der Waals surface area contributed by atoms with Crippen LogP contribution < -0.4 is 10.2 Å². The maximum atomic E-state index is 13.0. The molecule has 2 aliphatic heterocycles. The molecule has 0 saturated carbocycles. The zero-order valence-corrected chi connectivity index (χ0v) is 18.8. The Morgan fingerprint density at radius 2 is 2.03 bits per heavy atom. The largest absolute Gasteiger partial charge is 0.354 e. The van der Waals surface area contributed by atoms with E-state index in [-0.39, 0.29) is 11.8 Å². The van der Waals surface area contributed by atoms with Crippen molar-refractivity contribution in [2.24, 2.45) is 5.92 Å². The summed E-state index contributed by atoms with van der Waals surface area (Å²) >= 11 is 12.3. The summed E-state index contributed by atoms with van der Waals surface area (Å²) in [6.07, 6.45) is 3.61. The molecule has 0 unspecified atom stereocenters. The van der Waals surface area contributed by atoms with Gasteiger partial charge in [-0.1, -0.05) is 29.3 Å². The molecule has 0 spiro atoms. The topological polar surface area (TPSA) is 65.8 Å². The fourth-order valence-corrected chi connectivity index (χ4v) is 4.91. The first-order valence-electron chi connectivity index (χ1n) is 10.5. The molecule has 162 valence electrons. The number of benzene rings is 1. The number of hydrogen-bond acceptors (Lipinski definition) is 5. The molecule has 9 heteroatoms. The predicted octanol–water partition coefficient (Wildman–Crippen LogP) is 2.82. The van der Waals surface area contributed by atoms with Crippen LogP contribution in [0.3, 0.4) is 0 Å². The van der Waals surface area contributed by atoms with Crippen LogP contribution >= 0.6 is 23.2 Å². The normalized spacial score (nSPS) is 16.7. The molecule has 0 atom stereocenters. The molecule has 1 saturated heterocycles. The molecule has 0 aliphatic carbocycles. The van der Waals surface area contributed by atoms with E-state index in [2.05, 4.69) is 15.3 Å². The molecule has 1 amide bonds. The molecule has 2 aliphatic rings. The Morgan fingerprint density at radius 3 is 2.84 bits per heavy atom. The number of nitrogens with zero attached hydrogens (tertiary/aromatic N) is 5. The fourth-order valence-electron chi connectivity index (χ4n) is 4.44. The zero-order chi connectivity index (χ0) is 21.5. The maximum absolute atomic E-state index is 13.0. The van der Waals surface area contributed by atoms with E-state index in [1.807, 2.05) is 23.7 Å². The average molecular weight is 459 g/mol. The molecule has 0 bridgehead atoms. The van der Waals surface area contributed by atoms with E-state index in [4.69, 9.17) is 28.2 Å². The van der Waals surface area contributed by atoms with E-state index in [9.17, 15) is 4.79 Å². The van der Waals surface area contributed by atoms with Gasteiger partial charge < -0.3 is 15.1 Å². The molecule has 4 heterocycles. The van der Waals surface area contributed by atoms with Gasteiger partial charge in [-0.15, -0.1) is 0 Å². The Bertz CT molecular complexity index is 1140. The summed E-state index contributed by atoms with van der Waals surface area (Å²) in [5, 5.41) is 9.13. The van der Waals surface area contributed by atoms with Crippen molar-refractivity contribution in [1.29, 1.82) is 0 Å². The highest BCUT2D eigenvalue weighted by Crippen LogP contribution is 2.32. The van der Waals surface area contributed by atoms with Crippen LogP contribution in [-0.4, -0.2) is 58.6 Å². The van der Waals surface area contributed by atoms with Gasteiger partial charge in [0.1, 0.15) is 5.82 Å². The van der Waals surface area contributed by atoms with E-state index in [0.29, 0.717) is 29.7 Å². The number of anilines is 1. The van der Waals surface area contributed by atoms with Crippen molar-refractivity contribution < 1.29 is 4.79 Å². The van der Waals surface area contributed by atoms with Crippen LogP contribution in [0.15, 0.2) is 30.5 Å². The highest BCUT2D eigenvalue weighted by molar-refractivity contribution is 6.35. The van der Waals surface area contributed by atoms with E-state index in [1.54, 1.807) is 23.2 Å². The smallest absolute Gasteiger partial charge is 0.229 e. The Labute approximate surface area is 190 Å². The first kappa shape index (κ1) is 20.5. The van der Waals surface area contributed by atoms with Gasteiger partial charge in [-0.25, -0.2) is 4.98 Å². The summed E-state index contributed by atoms with van der Waals surface area (Å²) in [6.45, 7) is 3.68. The summed E-state index contributed by atoms with van der Waals surface area (Å²) in [7, 11) is 1.83. The molecular formula is C22H24Cl2N6O. The molecule has 7 nitrogen and oxygen atoms in total. The minimum Gasteiger partial charge on any atom is -0.354 e. The van der Waals surface area contributed by atoms with Gasteiger partial charge in [0.05, 0.1) is 17.8 Å². The lowest BCUT2D eigenvalue weighted by molar-refractivity contribution is -0.135. The number of aromatic nitrogens is 3. The average Bonchev–Trinajstić information content (AvgIpc) is 3.05. The van der Waals surface area contributed by atoms with Crippen molar-refractivity contribution >= 4 is 40.6 Å². The highest BCUT2D eigenvalue weighted by atomic mass is 35.5. The van der Waals surface area contributed by atoms with Gasteiger partial charge in [-0.3, -0.25) is 4.79 Å². The second-order valence-electron chi connectivity index (χ2n) is 8.24. The van der Waals surface area contributed by atoms with E-state index < -0.39 is 0 Å². The molecule has 1 aromatic carbocycles. The van der Waals surface area contributed by atoms with E-state index in [0.717, 1.165) is 48.7 Å². The molecule has 1 fully saturated rings. The number of rotatable bonds is 4. The molecule has 1 N–H and O–H groups in total. The Morgan fingerprint density at radius 1 is 1.23 bits per heavy atom. The van der Waals surface area contributed by atoms with Crippen LogP contribution in [0, 0.1) is 5.92 Å². The minimum absolute atomic E-state index is 0.0468. The van der Waals surface area contributed by atoms with Gasteiger partial charge in [0.2, 0.25) is 5.91 Å². The number of halogens is 2. The maximum Gasteiger partial charge on any atom is 0.229 e. The number of carbonyl (C=O) groups is 1. The van der Waals surface area contributed by atoms with Crippen molar-refractivity contribution in [2.75, 3.05) is 38.1 Å². The molecule has 2 aromatic heterocycles. The predicted molar refractivity (Wildman–Crippen MR) is 122 cm³/mol. The molecule has 31 heavy (non-hydrogen) atoms. The zero-order valence-electron chi connectivity index (χ0n) is 17.3. The molecular weight excluding hydrogens is 435 g/mol. The Kier molecular flexibility index (Phi) is 5.50. The van der Waals surface area contributed by atoms with Crippen molar-refractivity contribution in [3.05, 3.63) is 57.3 Å². The van der Waals surface area contributed by atoms with Gasteiger partial charge >= 0.3 is 0 Å². The quantitative estimate of drug-likeness (QED) is 0.650. The van der Waals surface area contributed by atoms with Crippen molar-refractivity contribution in [2.45, 2.75) is 19.4 Å². The second kappa shape index (κ2) is 8.30. The van der Waals surface area contributed by atoms with Crippen molar-refractivity contribution in [1.82, 2.24) is 24.8 Å². The van der Waals surface area contributed by atoms with Crippen molar-refractivity contribution in [3.63, 3.8) is 0 Å². The lowest BCUT2D eigenvalue weighted by atomic mass is 9.96. The second-order valence-corrected chi connectivity index (χ2v) is 9.09. The number of carbonyl (C=O) groups excluding carboxylic acids is 1. The lowest BCUT2D eigenvalue weighted by Crippen LogP contribution is -2.54. The molecule has 0 radical (unpaired) electrons. The van der Waals surface area contributed by atoms with Crippen LogP contribution in [0.4, 0.5) is 5.82 Å². The Hall–Kier alpha value is -2.35. The van der Waals surface area contributed by atoms with Crippen LogP contribution in [-0.2, 0) is 24.2 Å². The van der Waals surface area contributed by atoms with Crippen LogP contribution in [0.2, 0.25) is 10.0 Å². The van der Waals surface area contributed by atoms with Gasteiger partial charge in [-0.05, 0) is 30.7 Å². The number of amides is 1. The third-order valence-corrected chi connectivity index (χ3v) is 6.70. The Balaban J connectivity index is 1.32. The molecule has 3 aromatic rings. The third-order valence-electron chi connectivity index (χ3n) is 6.11. The number of fused-ring (bicyclic) bond motifs is 2. The first-order chi connectivity index (χ1) is 15.0. The fraction of sp³-hybridized carbons (Fsp3) is 0.409. The SMILES string of the molecule is CN(Cc1ccc(Cl)cc1Cl)C(=O)C1CN(c2c3c(nc4ccnn24)CCNCC3)C1. The minimum atomic E-state index is -0.0468. The van der Waals surface area contributed by atoms with Crippen LogP contribution in [0.5, 0.6) is 0 Å². The van der Waals surface area contributed by atoms with Gasteiger partial charge in [-0.2, -0.15) is 9.61 Å². The standard InChI is InChI=1S/C22H24Cl2N6O/c1-28(11-14-2-3-16(23)10-18(14)24)22(31)15-12-29(13-15)21-17-4-7-25-8-5-19(17)27-20-6-9-26-30(20)21/h2-3,6,9-10,15,25H,4-5,7-8,11-13H2,1H3. The van der Waals surface area contributed by atoms with E-state index in [1.165, 1.54) is 5.56 Å². The highest BCUT2D eigenvalue weighted by Gasteiger charge is 2.37. The summed E-state index contributed by atoms with van der Waals surface area (Å²) in [4.78, 5) is 21.9. The third kappa shape index (κ3) is 3.86. The van der Waals surface area contributed by atoms with Crippen LogP contribution in [0.25, 0.3) is 5.65 Å². The summed E-state index contributed by atoms with van der Waals surface area (Å²) < 4.78 is 1.92.